The van der Waals surface area contributed by atoms with Gasteiger partial charge in [0.05, 0.1) is 22.7 Å². The van der Waals surface area contributed by atoms with Crippen molar-refractivity contribution in [2.45, 2.75) is 4.90 Å². The molecule has 8 heteroatoms. The molecule has 0 fully saturated rings. The molecule has 3 rings (SSSR count). The first kappa shape index (κ1) is 20.2. The largest absolute Gasteiger partial charge is 0.495 e. The molecule has 0 spiro atoms. The standard InChI is InChI=1S/C20H15Cl2NO4S/c1-27-19-10-8-15(12-17(19)22)28(25,26)23-18-9-7-14(21)11-16(18)20(24)13-5-3-2-4-6-13/h2-12,23H,1H3. The molecule has 3 aromatic rings. The van der Waals surface area contributed by atoms with E-state index in [-0.39, 0.29) is 27.0 Å². The van der Waals surface area contributed by atoms with Crippen molar-refractivity contribution in [1.82, 2.24) is 0 Å². The van der Waals surface area contributed by atoms with Gasteiger partial charge in [-0.25, -0.2) is 8.42 Å². The number of methoxy groups -OCH3 is 1. The summed E-state index contributed by atoms with van der Waals surface area (Å²) < 4.78 is 33.1. The van der Waals surface area contributed by atoms with E-state index in [1.54, 1.807) is 30.3 Å². The van der Waals surface area contributed by atoms with Gasteiger partial charge in [-0.3, -0.25) is 9.52 Å². The predicted molar refractivity (Wildman–Crippen MR) is 110 cm³/mol. The first-order chi connectivity index (χ1) is 13.3. The number of ether oxygens (including phenoxy) is 1. The van der Waals surface area contributed by atoms with Crippen molar-refractivity contribution in [2.24, 2.45) is 0 Å². The Hall–Kier alpha value is -2.54. The summed E-state index contributed by atoms with van der Waals surface area (Å²) in [6.45, 7) is 0. The zero-order valence-electron chi connectivity index (χ0n) is 14.6. The van der Waals surface area contributed by atoms with Crippen molar-refractivity contribution >= 4 is 44.7 Å². The molecule has 0 amide bonds. The predicted octanol–water partition coefficient (Wildman–Crippen LogP) is 5.03. The second-order valence-corrected chi connectivity index (χ2v) is 8.31. The number of halogens is 2. The van der Waals surface area contributed by atoms with Crippen LogP contribution in [-0.2, 0) is 10.0 Å². The highest BCUT2D eigenvalue weighted by atomic mass is 35.5. The van der Waals surface area contributed by atoms with E-state index in [1.165, 1.54) is 43.5 Å². The zero-order valence-corrected chi connectivity index (χ0v) is 17.0. The van der Waals surface area contributed by atoms with Gasteiger partial charge in [0.25, 0.3) is 10.0 Å². The van der Waals surface area contributed by atoms with Crippen molar-refractivity contribution in [3.8, 4) is 5.75 Å². The van der Waals surface area contributed by atoms with Crippen molar-refractivity contribution in [1.29, 1.82) is 0 Å². The van der Waals surface area contributed by atoms with Gasteiger partial charge in [-0.05, 0) is 36.4 Å². The molecule has 0 aliphatic carbocycles. The highest BCUT2D eigenvalue weighted by Crippen LogP contribution is 2.30. The summed E-state index contributed by atoms with van der Waals surface area (Å²) >= 11 is 12.1. The lowest BCUT2D eigenvalue weighted by atomic mass is 10.0. The van der Waals surface area contributed by atoms with E-state index in [4.69, 9.17) is 27.9 Å². The van der Waals surface area contributed by atoms with Gasteiger partial charge < -0.3 is 4.74 Å². The van der Waals surface area contributed by atoms with Gasteiger partial charge in [0.1, 0.15) is 5.75 Å². The summed E-state index contributed by atoms with van der Waals surface area (Å²) in [7, 11) is -2.56. The molecule has 1 N–H and O–H groups in total. The minimum absolute atomic E-state index is 0.0636. The summed E-state index contributed by atoms with van der Waals surface area (Å²) in [6, 6.07) is 17.0. The van der Waals surface area contributed by atoms with Crippen LogP contribution < -0.4 is 9.46 Å². The van der Waals surface area contributed by atoms with E-state index in [2.05, 4.69) is 4.72 Å². The molecule has 0 saturated heterocycles. The van der Waals surface area contributed by atoms with E-state index < -0.39 is 10.0 Å². The lowest BCUT2D eigenvalue weighted by molar-refractivity contribution is 0.103. The normalized spacial score (nSPS) is 11.1. The van der Waals surface area contributed by atoms with E-state index in [1.807, 2.05) is 0 Å². The first-order valence-corrected chi connectivity index (χ1v) is 10.3. The van der Waals surface area contributed by atoms with E-state index >= 15 is 0 Å². The van der Waals surface area contributed by atoms with Crippen LogP contribution in [0.2, 0.25) is 10.0 Å². The summed E-state index contributed by atoms with van der Waals surface area (Å²) in [5.41, 5.74) is 0.671. The maximum atomic E-state index is 12.8. The third-order valence-corrected chi connectivity index (χ3v) is 5.83. The second kappa shape index (κ2) is 8.22. The Morgan fingerprint density at radius 1 is 0.964 bits per heavy atom. The van der Waals surface area contributed by atoms with Gasteiger partial charge in [-0.1, -0.05) is 53.5 Å². The molecular formula is C20H15Cl2NO4S. The van der Waals surface area contributed by atoms with E-state index in [0.29, 0.717) is 16.3 Å². The fourth-order valence-corrected chi connectivity index (χ4v) is 4.16. The van der Waals surface area contributed by atoms with E-state index in [9.17, 15) is 13.2 Å². The fourth-order valence-electron chi connectivity index (χ4n) is 2.56. The molecule has 0 unspecified atom stereocenters. The van der Waals surface area contributed by atoms with Crippen LogP contribution in [0.5, 0.6) is 5.75 Å². The smallest absolute Gasteiger partial charge is 0.261 e. The van der Waals surface area contributed by atoms with Gasteiger partial charge in [-0.15, -0.1) is 0 Å². The van der Waals surface area contributed by atoms with Crippen molar-refractivity contribution < 1.29 is 17.9 Å². The van der Waals surface area contributed by atoms with Crippen LogP contribution in [0.1, 0.15) is 15.9 Å². The average Bonchev–Trinajstić information content (AvgIpc) is 2.69. The number of carbonyl (C=O) groups excluding carboxylic acids is 1. The Labute approximate surface area is 172 Å². The van der Waals surface area contributed by atoms with Crippen molar-refractivity contribution in [3.05, 3.63) is 87.9 Å². The van der Waals surface area contributed by atoms with E-state index in [0.717, 1.165) is 0 Å². The van der Waals surface area contributed by atoms with Crippen molar-refractivity contribution in [3.63, 3.8) is 0 Å². The molecule has 0 radical (unpaired) electrons. The molecule has 3 aromatic carbocycles. The quantitative estimate of drug-likeness (QED) is 0.550. The van der Waals surface area contributed by atoms with Crippen molar-refractivity contribution in [2.75, 3.05) is 11.8 Å². The Morgan fingerprint density at radius 3 is 2.32 bits per heavy atom. The first-order valence-electron chi connectivity index (χ1n) is 8.07. The number of hydrogen-bond acceptors (Lipinski definition) is 4. The number of carbonyl (C=O) groups is 1. The molecule has 5 nitrogen and oxygen atoms in total. The summed E-state index contributed by atoms with van der Waals surface area (Å²) in [5, 5.41) is 0.469. The fraction of sp³-hybridized carbons (Fsp3) is 0.0500. The molecule has 0 aliphatic rings. The maximum Gasteiger partial charge on any atom is 0.261 e. The molecule has 0 saturated carbocycles. The average molecular weight is 436 g/mol. The van der Waals surface area contributed by atoms with Crippen LogP contribution in [0.4, 0.5) is 5.69 Å². The topological polar surface area (TPSA) is 72.5 Å². The Balaban J connectivity index is 2.00. The van der Waals surface area contributed by atoms with Crippen LogP contribution >= 0.6 is 23.2 Å². The Morgan fingerprint density at radius 2 is 1.68 bits per heavy atom. The van der Waals surface area contributed by atoms with Gasteiger partial charge in [0.2, 0.25) is 0 Å². The molecular weight excluding hydrogens is 421 g/mol. The maximum absolute atomic E-state index is 12.8. The molecule has 0 aromatic heterocycles. The number of nitrogens with one attached hydrogen (secondary N) is 1. The number of benzene rings is 3. The lowest BCUT2D eigenvalue weighted by Crippen LogP contribution is -2.16. The third-order valence-electron chi connectivity index (χ3n) is 3.94. The highest BCUT2D eigenvalue weighted by molar-refractivity contribution is 7.92. The van der Waals surface area contributed by atoms with Crippen LogP contribution in [0.3, 0.4) is 0 Å². The highest BCUT2D eigenvalue weighted by Gasteiger charge is 2.21. The molecule has 0 atom stereocenters. The SMILES string of the molecule is COc1ccc(S(=O)(=O)Nc2ccc(Cl)cc2C(=O)c2ccccc2)cc1Cl. The van der Waals surface area contributed by atoms with Gasteiger partial charge >= 0.3 is 0 Å². The number of rotatable bonds is 6. The third kappa shape index (κ3) is 4.30. The molecule has 0 bridgehead atoms. The second-order valence-electron chi connectivity index (χ2n) is 5.79. The summed E-state index contributed by atoms with van der Waals surface area (Å²) in [5.74, 6) is 0.000572. The van der Waals surface area contributed by atoms with Crippen LogP contribution in [0.15, 0.2) is 71.6 Å². The number of ketones is 1. The Bertz CT molecular complexity index is 1130. The summed E-state index contributed by atoms with van der Waals surface area (Å²) in [6.07, 6.45) is 0. The Kier molecular flexibility index (Phi) is 5.93. The number of anilines is 1. The van der Waals surface area contributed by atoms with Crippen LogP contribution in [0, 0.1) is 0 Å². The van der Waals surface area contributed by atoms with Crippen LogP contribution in [0.25, 0.3) is 0 Å². The monoisotopic (exact) mass is 435 g/mol. The van der Waals surface area contributed by atoms with Gasteiger partial charge in [0, 0.05) is 16.1 Å². The molecule has 0 aliphatic heterocycles. The lowest BCUT2D eigenvalue weighted by Gasteiger charge is -2.13. The van der Waals surface area contributed by atoms with Gasteiger partial charge in [-0.2, -0.15) is 0 Å². The zero-order chi connectivity index (χ0) is 20.3. The molecule has 0 heterocycles. The number of hydrogen-bond donors (Lipinski definition) is 1. The minimum Gasteiger partial charge on any atom is -0.495 e. The molecule has 144 valence electrons. The van der Waals surface area contributed by atoms with Gasteiger partial charge in [0.15, 0.2) is 5.78 Å². The van der Waals surface area contributed by atoms with Crippen LogP contribution in [-0.4, -0.2) is 21.3 Å². The summed E-state index contributed by atoms with van der Waals surface area (Å²) in [4.78, 5) is 12.8. The minimum atomic E-state index is -4.00. The molecule has 28 heavy (non-hydrogen) atoms. The number of sulfonamides is 1.